The van der Waals surface area contributed by atoms with Crippen LogP contribution in [0.15, 0.2) is 30.5 Å². The molecule has 12 heteroatoms. The summed E-state index contributed by atoms with van der Waals surface area (Å²) in [5.74, 6) is 0.692. The van der Waals surface area contributed by atoms with Crippen LogP contribution >= 0.6 is 0 Å². The second kappa shape index (κ2) is 9.75. The monoisotopic (exact) mass is 395 g/mol. The van der Waals surface area contributed by atoms with E-state index in [1.54, 1.807) is 12.1 Å². The van der Waals surface area contributed by atoms with Gasteiger partial charge < -0.3 is 36.1 Å². The Kier molecular flexibility index (Phi) is 7.40. The fourth-order valence-corrected chi connectivity index (χ4v) is 2.52. The number of nitro benzene ring substituents is 1. The van der Waals surface area contributed by atoms with Crippen molar-refractivity contribution in [2.45, 2.75) is 31.0 Å². The van der Waals surface area contributed by atoms with Crippen molar-refractivity contribution < 1.29 is 29.8 Å². The number of nitro groups is 1. The molecule has 0 spiro atoms. The van der Waals surface area contributed by atoms with Gasteiger partial charge in [-0.3, -0.25) is 14.9 Å². The maximum Gasteiger partial charge on any atom is 0.269 e. The van der Waals surface area contributed by atoms with Crippen LogP contribution in [0.5, 0.6) is 0 Å². The topological polar surface area (TPSA) is 197 Å². The molecule has 152 valence electrons. The quantitative estimate of drug-likeness (QED) is 0.201. The van der Waals surface area contributed by atoms with E-state index in [-0.39, 0.29) is 12.3 Å². The van der Waals surface area contributed by atoms with Gasteiger partial charge in [-0.15, -0.1) is 0 Å². The predicted molar refractivity (Wildman–Crippen MR) is 95.7 cm³/mol. The van der Waals surface area contributed by atoms with Crippen molar-refractivity contribution in [1.82, 2.24) is 15.3 Å². The number of hydrogen-bond donors (Lipinski definition) is 6. The van der Waals surface area contributed by atoms with Crippen molar-refractivity contribution >= 4 is 17.9 Å². The Balaban J connectivity index is 0.000000203. The number of H-pyrrole nitrogens is 1. The third kappa shape index (κ3) is 5.23. The molecule has 1 fully saturated rings. The summed E-state index contributed by atoms with van der Waals surface area (Å²) in [7, 11) is 0. The second-order valence-corrected chi connectivity index (χ2v) is 5.90. The van der Waals surface area contributed by atoms with Crippen LogP contribution in [0.2, 0.25) is 0 Å². The molecule has 4 atom stereocenters. The first kappa shape index (κ1) is 21.2. The van der Waals surface area contributed by atoms with Gasteiger partial charge in [-0.2, -0.15) is 0 Å². The van der Waals surface area contributed by atoms with E-state index in [1.165, 1.54) is 18.3 Å². The Morgan fingerprint density at radius 2 is 2.00 bits per heavy atom. The smallest absolute Gasteiger partial charge is 0.269 e. The van der Waals surface area contributed by atoms with Crippen LogP contribution in [0.3, 0.4) is 0 Å². The van der Waals surface area contributed by atoms with E-state index >= 15 is 0 Å². The van der Waals surface area contributed by atoms with Crippen molar-refractivity contribution in [2.75, 3.05) is 12.3 Å². The largest absolute Gasteiger partial charge is 0.394 e. The van der Waals surface area contributed by atoms with E-state index < -0.39 is 29.3 Å². The number of aromatic nitrogens is 2. The van der Waals surface area contributed by atoms with E-state index in [2.05, 4.69) is 15.3 Å². The van der Waals surface area contributed by atoms with Gasteiger partial charge in [0.1, 0.15) is 36.1 Å². The summed E-state index contributed by atoms with van der Waals surface area (Å²) >= 11 is 0. The molecule has 0 saturated carbocycles. The van der Waals surface area contributed by atoms with Gasteiger partial charge in [0.15, 0.2) is 0 Å². The van der Waals surface area contributed by atoms with E-state index in [0.717, 1.165) is 5.56 Å². The lowest BCUT2D eigenvalue weighted by molar-refractivity contribution is -0.384. The molecule has 1 aliphatic heterocycles. The van der Waals surface area contributed by atoms with Gasteiger partial charge in [0.05, 0.1) is 17.7 Å². The number of carbonyl (C=O) groups is 1. The van der Waals surface area contributed by atoms with Gasteiger partial charge >= 0.3 is 0 Å². The third-order valence-electron chi connectivity index (χ3n) is 3.96. The number of aliphatic hydroxyl groups excluding tert-OH is 3. The van der Waals surface area contributed by atoms with Gasteiger partial charge in [-0.25, -0.2) is 4.98 Å². The number of nitrogens with zero attached hydrogens (tertiary/aromatic N) is 2. The molecular formula is C16H21N5O7. The lowest BCUT2D eigenvalue weighted by atomic mass is 10.1. The Labute approximate surface area is 159 Å². The molecule has 1 aliphatic rings. The molecule has 0 radical (unpaired) electrons. The van der Waals surface area contributed by atoms with Crippen LogP contribution in [-0.2, 0) is 16.1 Å². The summed E-state index contributed by atoms with van der Waals surface area (Å²) in [6, 6.07) is 6.02. The predicted octanol–water partition coefficient (Wildman–Crippen LogP) is -1.01. The number of ether oxygens (including phenoxy) is 1. The van der Waals surface area contributed by atoms with Gasteiger partial charge in [0.25, 0.3) is 5.69 Å². The molecule has 1 amide bonds. The number of carbonyl (C=O) groups excluding carboxylic acids is 1. The maximum absolute atomic E-state index is 10.3. The third-order valence-corrected chi connectivity index (χ3v) is 3.96. The first-order valence-corrected chi connectivity index (χ1v) is 8.20. The molecule has 2 aromatic rings. The number of nitrogens with two attached hydrogens (primary N) is 1. The number of amides is 1. The Hall–Kier alpha value is -3.06. The highest BCUT2D eigenvalue weighted by molar-refractivity contribution is 5.46. The Morgan fingerprint density at radius 3 is 2.46 bits per heavy atom. The number of aliphatic hydroxyl groups is 3. The summed E-state index contributed by atoms with van der Waals surface area (Å²) in [5, 5.41) is 40.7. The summed E-state index contributed by atoms with van der Waals surface area (Å²) in [4.78, 5) is 26.3. The molecule has 28 heavy (non-hydrogen) atoms. The van der Waals surface area contributed by atoms with Crippen molar-refractivity contribution in [3.05, 3.63) is 52.0 Å². The number of nitrogens with one attached hydrogen (secondary N) is 2. The minimum atomic E-state index is -1.12. The standard InChI is InChI=1S/C8H13N3O4.C8H8N2O3/c9-4-1-10-8(11-4)7-6(14)5(13)3(2-12)15-7;11-6-9-5-7-1-3-8(4-2-7)10(12)13/h1,3,5-7,12-14H,2,9H2,(H,10,11);1-4,6H,5H2,(H,9,11)/t3-,5-,6-,7?;/m1./s1. The zero-order valence-electron chi connectivity index (χ0n) is 14.6. The van der Waals surface area contributed by atoms with E-state index in [4.69, 9.17) is 15.6 Å². The highest BCUT2D eigenvalue weighted by Crippen LogP contribution is 2.31. The molecule has 1 aromatic carbocycles. The molecule has 1 saturated heterocycles. The minimum absolute atomic E-state index is 0.0508. The molecule has 7 N–H and O–H groups in total. The lowest BCUT2D eigenvalue weighted by Crippen LogP contribution is -2.32. The summed E-state index contributed by atoms with van der Waals surface area (Å²) in [6.07, 6.45) is -1.84. The van der Waals surface area contributed by atoms with Crippen molar-refractivity contribution in [3.63, 3.8) is 0 Å². The van der Waals surface area contributed by atoms with Crippen molar-refractivity contribution in [1.29, 1.82) is 0 Å². The van der Waals surface area contributed by atoms with E-state index in [9.17, 15) is 25.1 Å². The van der Waals surface area contributed by atoms with Crippen LogP contribution in [0.25, 0.3) is 0 Å². The number of aromatic amines is 1. The average Bonchev–Trinajstić information content (AvgIpc) is 3.24. The molecule has 0 bridgehead atoms. The van der Waals surface area contributed by atoms with Gasteiger partial charge in [0.2, 0.25) is 6.41 Å². The first-order valence-electron chi connectivity index (χ1n) is 8.20. The zero-order valence-corrected chi connectivity index (χ0v) is 14.6. The van der Waals surface area contributed by atoms with E-state index in [0.29, 0.717) is 24.6 Å². The average molecular weight is 395 g/mol. The fraction of sp³-hybridized carbons (Fsp3) is 0.375. The summed E-state index contributed by atoms with van der Waals surface area (Å²) < 4.78 is 5.24. The van der Waals surface area contributed by atoms with Crippen LogP contribution in [0, 0.1) is 10.1 Å². The summed E-state index contributed by atoms with van der Waals surface area (Å²) in [5.41, 5.74) is 6.31. The molecule has 3 rings (SSSR count). The van der Waals surface area contributed by atoms with Gasteiger partial charge in [0, 0.05) is 18.7 Å². The van der Waals surface area contributed by atoms with Crippen LogP contribution in [0.4, 0.5) is 11.5 Å². The number of imidazole rings is 1. The highest BCUT2D eigenvalue weighted by atomic mass is 16.6. The SMILES string of the molecule is Nc1cnc(C2O[C@H](CO)[C@@H](O)[C@H]2O)[nH]1.O=CNCc1ccc([N+](=O)[O-])cc1. The lowest BCUT2D eigenvalue weighted by Gasteiger charge is -2.11. The van der Waals surface area contributed by atoms with Crippen molar-refractivity contribution in [2.24, 2.45) is 0 Å². The zero-order chi connectivity index (χ0) is 20.7. The number of benzene rings is 1. The summed E-state index contributed by atoms with van der Waals surface area (Å²) in [6.45, 7) is 0.0341. The number of rotatable bonds is 6. The fourth-order valence-electron chi connectivity index (χ4n) is 2.52. The number of nitrogen functional groups attached to an aromatic ring is 1. The number of hydrogen-bond acceptors (Lipinski definition) is 9. The van der Waals surface area contributed by atoms with Crippen LogP contribution < -0.4 is 11.1 Å². The molecule has 1 aromatic heterocycles. The molecule has 1 unspecified atom stereocenters. The minimum Gasteiger partial charge on any atom is -0.394 e. The maximum atomic E-state index is 10.3. The molecule has 0 aliphatic carbocycles. The normalized spacial score (nSPS) is 23.5. The van der Waals surface area contributed by atoms with Gasteiger partial charge in [-0.1, -0.05) is 12.1 Å². The van der Waals surface area contributed by atoms with E-state index in [1.807, 2.05) is 0 Å². The number of anilines is 1. The Morgan fingerprint density at radius 1 is 1.32 bits per heavy atom. The molecular weight excluding hydrogens is 374 g/mol. The first-order chi connectivity index (χ1) is 13.4. The van der Waals surface area contributed by atoms with Crippen molar-refractivity contribution in [3.8, 4) is 0 Å². The van der Waals surface area contributed by atoms with Gasteiger partial charge in [-0.05, 0) is 5.56 Å². The second-order valence-electron chi connectivity index (χ2n) is 5.90. The highest BCUT2D eigenvalue weighted by Gasteiger charge is 2.44. The van der Waals surface area contributed by atoms with Crippen LogP contribution in [-0.4, -0.2) is 61.5 Å². The Bertz CT molecular complexity index is 782. The van der Waals surface area contributed by atoms with Crippen LogP contribution in [0.1, 0.15) is 17.5 Å². The molecule has 12 nitrogen and oxygen atoms in total. The molecule has 2 heterocycles. The number of non-ortho nitro benzene ring substituents is 1.